The number of hydrogen-bond acceptors (Lipinski definition) is 3. The van der Waals surface area contributed by atoms with Crippen molar-refractivity contribution in [3.8, 4) is 5.75 Å². The van der Waals surface area contributed by atoms with Crippen molar-refractivity contribution in [2.45, 2.75) is 19.9 Å². The third-order valence-corrected chi connectivity index (χ3v) is 3.68. The Bertz CT molecular complexity index is 468. The lowest BCUT2D eigenvalue weighted by Crippen LogP contribution is -2.10. The Hall–Kier alpha value is -1.32. The van der Waals surface area contributed by atoms with Gasteiger partial charge in [-0.05, 0) is 42.0 Å². The number of aromatic hydroxyl groups is 1. The van der Waals surface area contributed by atoms with Gasteiger partial charge in [-0.3, -0.25) is 0 Å². The summed E-state index contributed by atoms with van der Waals surface area (Å²) < 4.78 is 0. The highest BCUT2D eigenvalue weighted by molar-refractivity contribution is 7.10. The molecule has 0 bridgehead atoms. The summed E-state index contributed by atoms with van der Waals surface area (Å²) in [5.74, 6) is 0.363. The van der Waals surface area contributed by atoms with Gasteiger partial charge >= 0.3 is 0 Å². The topological polar surface area (TPSA) is 46.2 Å². The van der Waals surface area contributed by atoms with Crippen molar-refractivity contribution in [3.05, 3.63) is 51.2 Å². The molecular formula is C13H15NOS. The number of rotatable bonds is 2. The maximum absolute atomic E-state index is 9.70. The number of benzene rings is 1. The highest BCUT2D eigenvalue weighted by Gasteiger charge is 2.12. The molecule has 2 aromatic rings. The van der Waals surface area contributed by atoms with Gasteiger partial charge < -0.3 is 10.8 Å². The second-order valence-corrected chi connectivity index (χ2v) is 4.98. The van der Waals surface area contributed by atoms with Crippen LogP contribution < -0.4 is 5.73 Å². The molecule has 0 aliphatic heterocycles. The minimum Gasteiger partial charge on any atom is -0.507 e. The number of phenols is 1. The number of aryl methyl sites for hydroxylation is 2. The highest BCUT2D eigenvalue weighted by Crippen LogP contribution is 2.29. The molecule has 1 heterocycles. The first-order valence-corrected chi connectivity index (χ1v) is 6.06. The minimum atomic E-state index is -0.0991. The Morgan fingerprint density at radius 2 is 1.88 bits per heavy atom. The van der Waals surface area contributed by atoms with Crippen molar-refractivity contribution in [1.29, 1.82) is 0 Å². The van der Waals surface area contributed by atoms with Crippen LogP contribution in [0.1, 0.15) is 27.6 Å². The van der Waals surface area contributed by atoms with E-state index in [-0.39, 0.29) is 6.04 Å². The van der Waals surface area contributed by atoms with Crippen LogP contribution in [0, 0.1) is 13.8 Å². The van der Waals surface area contributed by atoms with Gasteiger partial charge in [-0.25, -0.2) is 0 Å². The molecule has 0 fully saturated rings. The minimum absolute atomic E-state index is 0.0991. The average Bonchev–Trinajstić information content (AvgIpc) is 2.77. The molecule has 0 saturated carbocycles. The number of thiophene rings is 1. The molecule has 0 radical (unpaired) electrons. The molecule has 0 amide bonds. The van der Waals surface area contributed by atoms with E-state index >= 15 is 0 Å². The number of nitrogens with two attached hydrogens (primary N) is 1. The second kappa shape index (κ2) is 4.28. The van der Waals surface area contributed by atoms with Crippen LogP contribution in [-0.4, -0.2) is 5.11 Å². The van der Waals surface area contributed by atoms with Crippen LogP contribution in [0.25, 0.3) is 0 Å². The maximum Gasteiger partial charge on any atom is 0.121 e. The van der Waals surface area contributed by atoms with Gasteiger partial charge in [0.2, 0.25) is 0 Å². The molecule has 16 heavy (non-hydrogen) atoms. The van der Waals surface area contributed by atoms with Crippen molar-refractivity contribution in [3.63, 3.8) is 0 Å². The van der Waals surface area contributed by atoms with Crippen LogP contribution in [0.2, 0.25) is 0 Å². The van der Waals surface area contributed by atoms with Gasteiger partial charge in [0.25, 0.3) is 0 Å². The fourth-order valence-corrected chi connectivity index (χ4v) is 2.56. The van der Waals surface area contributed by atoms with Gasteiger partial charge in [0.1, 0.15) is 5.75 Å². The fourth-order valence-electron chi connectivity index (χ4n) is 1.80. The van der Waals surface area contributed by atoms with Gasteiger partial charge in [-0.15, -0.1) is 11.3 Å². The number of hydrogen-bond donors (Lipinski definition) is 2. The molecule has 1 aromatic carbocycles. The van der Waals surface area contributed by atoms with Crippen LogP contribution in [0.5, 0.6) is 5.75 Å². The van der Waals surface area contributed by atoms with E-state index in [4.69, 9.17) is 5.73 Å². The first kappa shape index (κ1) is 11.2. The predicted molar refractivity (Wildman–Crippen MR) is 67.9 cm³/mol. The molecular weight excluding hydrogens is 218 g/mol. The summed E-state index contributed by atoms with van der Waals surface area (Å²) in [6, 6.07) is 7.84. The lowest BCUT2D eigenvalue weighted by atomic mass is 10.00. The highest BCUT2D eigenvalue weighted by atomic mass is 32.1. The molecule has 0 saturated heterocycles. The maximum atomic E-state index is 9.70. The average molecular weight is 233 g/mol. The Balaban J connectivity index is 2.42. The first-order chi connectivity index (χ1) is 7.59. The summed E-state index contributed by atoms with van der Waals surface area (Å²) in [4.78, 5) is 1.14. The lowest BCUT2D eigenvalue weighted by molar-refractivity contribution is 0.466. The van der Waals surface area contributed by atoms with E-state index < -0.39 is 0 Å². The van der Waals surface area contributed by atoms with Crippen LogP contribution >= 0.6 is 11.3 Å². The van der Waals surface area contributed by atoms with Crippen LogP contribution in [0.4, 0.5) is 0 Å². The van der Waals surface area contributed by atoms with E-state index in [2.05, 4.69) is 0 Å². The van der Waals surface area contributed by atoms with Crippen LogP contribution in [-0.2, 0) is 0 Å². The van der Waals surface area contributed by atoms with Gasteiger partial charge in [0.05, 0.1) is 6.04 Å². The molecule has 84 valence electrons. The molecule has 1 atom stereocenters. The van der Waals surface area contributed by atoms with Crippen molar-refractivity contribution in [2.24, 2.45) is 5.73 Å². The van der Waals surface area contributed by atoms with Crippen molar-refractivity contribution in [2.75, 3.05) is 0 Å². The van der Waals surface area contributed by atoms with E-state index in [1.165, 1.54) is 0 Å². The fraction of sp³-hybridized carbons (Fsp3) is 0.231. The quantitative estimate of drug-likeness (QED) is 0.837. The van der Waals surface area contributed by atoms with Crippen LogP contribution in [0.3, 0.4) is 0 Å². The molecule has 2 rings (SSSR count). The zero-order valence-electron chi connectivity index (χ0n) is 9.40. The normalized spacial score (nSPS) is 12.7. The van der Waals surface area contributed by atoms with Gasteiger partial charge in [0.15, 0.2) is 0 Å². The number of phenolic OH excluding ortho intramolecular Hbond substituents is 1. The summed E-state index contributed by atoms with van der Waals surface area (Å²) in [5.41, 5.74) is 8.98. The predicted octanol–water partition coefficient (Wildman–Crippen LogP) is 3.12. The standard InChI is InChI=1S/C13H15NOS/c1-8-6-10(7-9(2)13(8)15)12(14)11-4-3-5-16-11/h3-7,12,15H,14H2,1-2H3/t12-/m1/s1. The second-order valence-electron chi connectivity index (χ2n) is 4.00. The van der Waals surface area contributed by atoms with E-state index in [1.807, 2.05) is 43.5 Å². The summed E-state index contributed by atoms with van der Waals surface area (Å²) in [6.07, 6.45) is 0. The van der Waals surface area contributed by atoms with Crippen LogP contribution in [0.15, 0.2) is 29.6 Å². The Morgan fingerprint density at radius 3 is 2.38 bits per heavy atom. The lowest BCUT2D eigenvalue weighted by Gasteiger charge is -2.13. The zero-order valence-corrected chi connectivity index (χ0v) is 10.2. The Labute approximate surface area is 99.4 Å². The Kier molecular flexibility index (Phi) is 2.99. The largest absolute Gasteiger partial charge is 0.507 e. The first-order valence-electron chi connectivity index (χ1n) is 5.18. The van der Waals surface area contributed by atoms with Crippen molar-refractivity contribution >= 4 is 11.3 Å². The van der Waals surface area contributed by atoms with E-state index in [0.717, 1.165) is 21.6 Å². The summed E-state index contributed by atoms with van der Waals surface area (Å²) in [5, 5.41) is 11.7. The molecule has 0 unspecified atom stereocenters. The molecule has 0 aliphatic rings. The summed E-state index contributed by atoms with van der Waals surface area (Å²) >= 11 is 1.65. The van der Waals surface area contributed by atoms with E-state index in [0.29, 0.717) is 5.75 Å². The third-order valence-electron chi connectivity index (χ3n) is 2.72. The smallest absolute Gasteiger partial charge is 0.121 e. The van der Waals surface area contributed by atoms with Crippen molar-refractivity contribution in [1.82, 2.24) is 0 Å². The molecule has 3 N–H and O–H groups in total. The molecule has 1 aromatic heterocycles. The van der Waals surface area contributed by atoms with E-state index in [1.54, 1.807) is 11.3 Å². The molecule has 0 aliphatic carbocycles. The zero-order chi connectivity index (χ0) is 11.7. The summed E-state index contributed by atoms with van der Waals surface area (Å²) in [7, 11) is 0. The molecule has 3 heteroatoms. The third kappa shape index (κ3) is 1.96. The van der Waals surface area contributed by atoms with E-state index in [9.17, 15) is 5.11 Å². The monoisotopic (exact) mass is 233 g/mol. The van der Waals surface area contributed by atoms with Gasteiger partial charge in [-0.1, -0.05) is 18.2 Å². The molecule has 0 spiro atoms. The van der Waals surface area contributed by atoms with Crippen molar-refractivity contribution < 1.29 is 5.11 Å². The summed E-state index contributed by atoms with van der Waals surface area (Å²) in [6.45, 7) is 3.79. The SMILES string of the molecule is Cc1cc([C@@H](N)c2cccs2)cc(C)c1O. The molecule has 2 nitrogen and oxygen atoms in total. The van der Waals surface area contributed by atoms with Gasteiger partial charge in [-0.2, -0.15) is 0 Å². The Morgan fingerprint density at radius 1 is 1.25 bits per heavy atom. The van der Waals surface area contributed by atoms with Gasteiger partial charge in [0, 0.05) is 4.88 Å².